The molecule has 188 valence electrons. The summed E-state index contributed by atoms with van der Waals surface area (Å²) in [6.45, 7) is 1.35. The van der Waals surface area contributed by atoms with Gasteiger partial charge in [-0.05, 0) is 24.1 Å². The number of piperazine rings is 1. The molecular formula is C29H29N5O3. The number of hydrogen-bond acceptors (Lipinski definition) is 4. The van der Waals surface area contributed by atoms with E-state index in [9.17, 15) is 14.4 Å². The molecule has 1 aliphatic rings. The fraction of sp³-hybridized carbons (Fsp3) is 0.207. The maximum absolute atomic E-state index is 14.4. The highest BCUT2D eigenvalue weighted by Gasteiger charge is 2.34. The topological polar surface area (TPSA) is 102 Å². The minimum absolute atomic E-state index is 0.121. The Morgan fingerprint density at radius 3 is 2.16 bits per heavy atom. The zero-order valence-corrected chi connectivity index (χ0v) is 20.4. The number of rotatable bonds is 7. The SMILES string of the molecule is NC(=O)Cn1c(C(=O)N2CCNC[C@H]2Cc2ccccc2)c(-c2ccccc2)n(-c2ccccc2)c1=O. The van der Waals surface area contributed by atoms with Crippen molar-refractivity contribution in [3.8, 4) is 16.9 Å². The molecule has 1 atom stereocenters. The zero-order valence-electron chi connectivity index (χ0n) is 20.4. The van der Waals surface area contributed by atoms with Crippen LogP contribution in [0.25, 0.3) is 16.9 Å². The number of amides is 2. The molecule has 4 aromatic rings. The summed E-state index contributed by atoms with van der Waals surface area (Å²) in [6, 6.07) is 28.3. The van der Waals surface area contributed by atoms with Gasteiger partial charge in [-0.15, -0.1) is 0 Å². The van der Waals surface area contributed by atoms with E-state index >= 15 is 0 Å². The molecule has 3 aromatic carbocycles. The van der Waals surface area contributed by atoms with Crippen LogP contribution >= 0.6 is 0 Å². The highest BCUT2D eigenvalue weighted by Crippen LogP contribution is 2.28. The van der Waals surface area contributed by atoms with Crippen LogP contribution in [-0.4, -0.2) is 51.5 Å². The summed E-state index contributed by atoms with van der Waals surface area (Å²) in [6.07, 6.45) is 0.666. The van der Waals surface area contributed by atoms with Crippen molar-refractivity contribution in [1.29, 1.82) is 0 Å². The Balaban J connectivity index is 1.69. The molecule has 0 saturated carbocycles. The van der Waals surface area contributed by atoms with Crippen molar-refractivity contribution in [2.75, 3.05) is 19.6 Å². The molecule has 1 fully saturated rings. The van der Waals surface area contributed by atoms with E-state index in [-0.39, 0.29) is 17.6 Å². The summed E-state index contributed by atoms with van der Waals surface area (Å²) in [5.74, 6) is -0.989. The first-order valence-electron chi connectivity index (χ1n) is 12.3. The second-order valence-corrected chi connectivity index (χ2v) is 9.12. The van der Waals surface area contributed by atoms with Crippen LogP contribution in [0, 0.1) is 0 Å². The van der Waals surface area contributed by atoms with Gasteiger partial charge < -0.3 is 16.0 Å². The molecule has 5 rings (SSSR count). The van der Waals surface area contributed by atoms with Crippen LogP contribution in [0.1, 0.15) is 16.1 Å². The molecular weight excluding hydrogens is 466 g/mol. The molecule has 8 heteroatoms. The van der Waals surface area contributed by atoms with Gasteiger partial charge in [0.05, 0.1) is 11.4 Å². The summed E-state index contributed by atoms with van der Waals surface area (Å²) >= 11 is 0. The number of carbonyl (C=O) groups excluding carboxylic acids is 2. The van der Waals surface area contributed by atoms with E-state index in [4.69, 9.17) is 5.73 Å². The fourth-order valence-electron chi connectivity index (χ4n) is 4.98. The van der Waals surface area contributed by atoms with Crippen molar-refractivity contribution >= 4 is 11.8 Å². The predicted molar refractivity (Wildman–Crippen MR) is 142 cm³/mol. The van der Waals surface area contributed by atoms with Gasteiger partial charge in [0.15, 0.2) is 0 Å². The van der Waals surface area contributed by atoms with Crippen LogP contribution in [0.3, 0.4) is 0 Å². The summed E-state index contributed by atoms with van der Waals surface area (Å²) < 4.78 is 2.72. The number of para-hydroxylation sites is 1. The van der Waals surface area contributed by atoms with E-state index in [0.29, 0.717) is 43.0 Å². The summed E-state index contributed by atoms with van der Waals surface area (Å²) in [7, 11) is 0. The Hall–Kier alpha value is -4.43. The van der Waals surface area contributed by atoms with E-state index in [1.54, 1.807) is 12.1 Å². The molecule has 1 saturated heterocycles. The van der Waals surface area contributed by atoms with Crippen LogP contribution in [0.4, 0.5) is 0 Å². The second kappa shape index (κ2) is 10.7. The Morgan fingerprint density at radius 2 is 1.51 bits per heavy atom. The average Bonchev–Trinajstić information content (AvgIpc) is 3.21. The van der Waals surface area contributed by atoms with Crippen molar-refractivity contribution in [3.63, 3.8) is 0 Å². The van der Waals surface area contributed by atoms with Gasteiger partial charge in [-0.2, -0.15) is 0 Å². The molecule has 0 spiro atoms. The third-order valence-electron chi connectivity index (χ3n) is 6.64. The van der Waals surface area contributed by atoms with Gasteiger partial charge >= 0.3 is 5.69 Å². The quantitative estimate of drug-likeness (QED) is 0.411. The molecule has 3 N–H and O–H groups in total. The van der Waals surface area contributed by atoms with Gasteiger partial charge in [-0.3, -0.25) is 18.7 Å². The van der Waals surface area contributed by atoms with Crippen molar-refractivity contribution in [2.24, 2.45) is 5.73 Å². The molecule has 2 amide bonds. The van der Waals surface area contributed by atoms with Gasteiger partial charge in [0.2, 0.25) is 5.91 Å². The maximum atomic E-state index is 14.4. The van der Waals surface area contributed by atoms with Crippen molar-refractivity contribution in [1.82, 2.24) is 19.4 Å². The van der Waals surface area contributed by atoms with Crippen LogP contribution in [-0.2, 0) is 17.8 Å². The third kappa shape index (κ3) is 4.96. The zero-order chi connectivity index (χ0) is 25.8. The third-order valence-corrected chi connectivity index (χ3v) is 6.64. The Bertz CT molecular complexity index is 1450. The number of primary amides is 1. The number of benzene rings is 3. The van der Waals surface area contributed by atoms with Crippen LogP contribution < -0.4 is 16.7 Å². The second-order valence-electron chi connectivity index (χ2n) is 9.12. The van der Waals surface area contributed by atoms with Gasteiger partial charge in [0, 0.05) is 31.2 Å². The minimum Gasteiger partial charge on any atom is -0.368 e. The molecule has 37 heavy (non-hydrogen) atoms. The first kappa shape index (κ1) is 24.3. The molecule has 0 aliphatic carbocycles. The summed E-state index contributed by atoms with van der Waals surface area (Å²) in [5, 5.41) is 3.39. The number of hydrogen-bond donors (Lipinski definition) is 2. The van der Waals surface area contributed by atoms with E-state index in [1.165, 1.54) is 9.13 Å². The van der Waals surface area contributed by atoms with E-state index < -0.39 is 18.1 Å². The van der Waals surface area contributed by atoms with Gasteiger partial charge in [0.1, 0.15) is 12.2 Å². The molecule has 8 nitrogen and oxygen atoms in total. The van der Waals surface area contributed by atoms with Crippen molar-refractivity contribution in [2.45, 2.75) is 19.0 Å². The lowest BCUT2D eigenvalue weighted by Crippen LogP contribution is -2.55. The standard InChI is InChI=1S/C29H29N5O3/c30-25(35)20-33-27(28(36)32-17-16-31-19-24(32)18-21-10-4-1-5-11-21)26(22-12-6-2-7-13-22)34(29(33)37)23-14-8-3-9-15-23/h1-15,24,31H,16-20H2,(H2,30,35)/t24-/m1/s1. The fourth-order valence-corrected chi connectivity index (χ4v) is 4.98. The van der Waals surface area contributed by atoms with Crippen LogP contribution in [0.2, 0.25) is 0 Å². The van der Waals surface area contributed by atoms with Gasteiger partial charge in [0.25, 0.3) is 5.91 Å². The Kier molecular flexibility index (Phi) is 7.00. The lowest BCUT2D eigenvalue weighted by Gasteiger charge is -2.36. The number of nitrogens with zero attached hydrogens (tertiary/aromatic N) is 3. The summed E-state index contributed by atoms with van der Waals surface area (Å²) in [5.41, 5.74) is 8.11. The van der Waals surface area contributed by atoms with E-state index in [0.717, 1.165) is 5.56 Å². The molecule has 2 heterocycles. The highest BCUT2D eigenvalue weighted by atomic mass is 16.2. The van der Waals surface area contributed by atoms with Gasteiger partial charge in [-0.25, -0.2) is 4.79 Å². The average molecular weight is 496 g/mol. The summed E-state index contributed by atoms with van der Waals surface area (Å²) in [4.78, 5) is 42.1. The Morgan fingerprint density at radius 1 is 0.892 bits per heavy atom. The Labute approximate surface area is 214 Å². The molecule has 0 bridgehead atoms. The van der Waals surface area contributed by atoms with Crippen molar-refractivity contribution in [3.05, 3.63) is 113 Å². The van der Waals surface area contributed by atoms with E-state index in [1.807, 2.05) is 83.8 Å². The number of imidazole rings is 1. The number of aromatic nitrogens is 2. The lowest BCUT2D eigenvalue weighted by atomic mass is 10.0. The predicted octanol–water partition coefficient (Wildman–Crippen LogP) is 2.45. The van der Waals surface area contributed by atoms with Crippen LogP contribution in [0.5, 0.6) is 0 Å². The lowest BCUT2D eigenvalue weighted by molar-refractivity contribution is -0.118. The smallest absolute Gasteiger partial charge is 0.334 e. The van der Waals surface area contributed by atoms with E-state index in [2.05, 4.69) is 5.32 Å². The maximum Gasteiger partial charge on any atom is 0.334 e. The van der Waals surface area contributed by atoms with Crippen LogP contribution in [0.15, 0.2) is 95.8 Å². The highest BCUT2D eigenvalue weighted by molar-refractivity contribution is 5.99. The van der Waals surface area contributed by atoms with Gasteiger partial charge in [-0.1, -0.05) is 78.9 Å². The number of nitrogens with one attached hydrogen (secondary N) is 1. The minimum atomic E-state index is -0.692. The monoisotopic (exact) mass is 495 g/mol. The molecule has 1 aromatic heterocycles. The number of carbonyl (C=O) groups is 2. The first-order chi connectivity index (χ1) is 18.0. The largest absolute Gasteiger partial charge is 0.368 e. The molecule has 0 unspecified atom stereocenters. The molecule has 0 radical (unpaired) electrons. The first-order valence-corrected chi connectivity index (χ1v) is 12.3. The normalized spacial score (nSPS) is 15.5. The van der Waals surface area contributed by atoms with Crippen molar-refractivity contribution < 1.29 is 9.59 Å². The number of nitrogens with two attached hydrogens (primary N) is 1. The molecule has 1 aliphatic heterocycles.